The molecule has 0 aliphatic carbocycles. The molecule has 8 nitrogen and oxygen atoms in total. The number of benzene rings is 1. The average molecular weight is 388 g/mol. The molecular weight excluding hydrogens is 360 g/mol. The second kappa shape index (κ2) is 9.05. The van der Waals surface area contributed by atoms with Gasteiger partial charge in [-0.05, 0) is 18.1 Å². The summed E-state index contributed by atoms with van der Waals surface area (Å²) in [4.78, 5) is 21.4. The normalized spacial score (nSPS) is 15.1. The highest BCUT2D eigenvalue weighted by Crippen LogP contribution is 2.24. The Morgan fingerprint density at radius 3 is 2.32 bits per heavy atom. The fraction of sp³-hybridized carbons (Fsp3) is 0.550. The highest BCUT2D eigenvalue weighted by atomic mass is 16.5. The molecule has 1 amide bonds. The lowest BCUT2D eigenvalue weighted by molar-refractivity contribution is 0.0614. The third kappa shape index (κ3) is 5.01. The number of nitrogens with zero attached hydrogens (tertiary/aromatic N) is 4. The molecule has 3 rings (SSSR count). The van der Waals surface area contributed by atoms with Crippen LogP contribution in [-0.4, -0.2) is 66.2 Å². The summed E-state index contributed by atoms with van der Waals surface area (Å²) >= 11 is 0. The van der Waals surface area contributed by atoms with E-state index in [0.717, 1.165) is 25.3 Å². The summed E-state index contributed by atoms with van der Waals surface area (Å²) in [5.74, 6) is 3.08. The van der Waals surface area contributed by atoms with Crippen molar-refractivity contribution in [2.24, 2.45) is 5.92 Å². The predicted molar refractivity (Wildman–Crippen MR) is 104 cm³/mol. The third-order valence-corrected chi connectivity index (χ3v) is 4.72. The second-order valence-corrected chi connectivity index (χ2v) is 7.37. The minimum absolute atomic E-state index is 0.0196. The SMILES string of the molecule is COc1cc(OC)cc(C(=O)N2CCN(Cc3nc(CC(C)C)no3)CC2)c1. The van der Waals surface area contributed by atoms with Crippen molar-refractivity contribution in [3.8, 4) is 11.5 Å². The molecule has 1 aromatic carbocycles. The van der Waals surface area contributed by atoms with Gasteiger partial charge in [-0.3, -0.25) is 9.69 Å². The average Bonchev–Trinajstić information content (AvgIpc) is 3.13. The molecule has 1 saturated heterocycles. The molecule has 1 aromatic heterocycles. The van der Waals surface area contributed by atoms with E-state index < -0.39 is 0 Å². The molecule has 0 saturated carbocycles. The van der Waals surface area contributed by atoms with Crippen LogP contribution in [-0.2, 0) is 13.0 Å². The first-order chi connectivity index (χ1) is 13.5. The Balaban J connectivity index is 1.56. The van der Waals surface area contributed by atoms with E-state index in [4.69, 9.17) is 14.0 Å². The van der Waals surface area contributed by atoms with Gasteiger partial charge in [0.05, 0.1) is 20.8 Å². The lowest BCUT2D eigenvalue weighted by Gasteiger charge is -2.34. The molecule has 0 unspecified atom stereocenters. The van der Waals surface area contributed by atoms with Crippen molar-refractivity contribution < 1.29 is 18.8 Å². The zero-order valence-electron chi connectivity index (χ0n) is 17.0. The van der Waals surface area contributed by atoms with E-state index in [1.807, 2.05) is 4.90 Å². The minimum Gasteiger partial charge on any atom is -0.497 e. The van der Waals surface area contributed by atoms with Crippen molar-refractivity contribution in [3.05, 3.63) is 35.5 Å². The van der Waals surface area contributed by atoms with E-state index in [1.165, 1.54) is 0 Å². The number of methoxy groups -OCH3 is 2. The van der Waals surface area contributed by atoms with Crippen LogP contribution >= 0.6 is 0 Å². The van der Waals surface area contributed by atoms with E-state index in [2.05, 4.69) is 28.9 Å². The molecule has 1 aliphatic heterocycles. The molecule has 2 heterocycles. The molecule has 152 valence electrons. The van der Waals surface area contributed by atoms with Gasteiger partial charge in [-0.15, -0.1) is 0 Å². The van der Waals surface area contributed by atoms with Gasteiger partial charge in [0.2, 0.25) is 5.89 Å². The minimum atomic E-state index is -0.0196. The van der Waals surface area contributed by atoms with Gasteiger partial charge in [0.1, 0.15) is 11.5 Å². The first-order valence-corrected chi connectivity index (χ1v) is 9.54. The third-order valence-electron chi connectivity index (χ3n) is 4.72. The number of hydrogen-bond donors (Lipinski definition) is 0. The van der Waals surface area contributed by atoms with Gasteiger partial charge in [-0.2, -0.15) is 4.98 Å². The Morgan fingerprint density at radius 2 is 1.75 bits per heavy atom. The Hall–Kier alpha value is -2.61. The number of aromatic nitrogens is 2. The number of carbonyl (C=O) groups is 1. The molecule has 8 heteroatoms. The Labute approximate surface area is 165 Å². The van der Waals surface area contributed by atoms with Crippen molar-refractivity contribution in [1.29, 1.82) is 0 Å². The van der Waals surface area contributed by atoms with Crippen molar-refractivity contribution in [3.63, 3.8) is 0 Å². The molecule has 0 radical (unpaired) electrons. The number of piperazine rings is 1. The van der Waals surface area contributed by atoms with Crippen LogP contribution in [0.3, 0.4) is 0 Å². The molecule has 0 spiro atoms. The molecule has 2 aromatic rings. The van der Waals surface area contributed by atoms with Gasteiger partial charge in [0.15, 0.2) is 5.82 Å². The maximum atomic E-state index is 12.9. The van der Waals surface area contributed by atoms with Crippen molar-refractivity contribution in [2.75, 3.05) is 40.4 Å². The maximum Gasteiger partial charge on any atom is 0.254 e. The summed E-state index contributed by atoms with van der Waals surface area (Å²) in [7, 11) is 3.15. The van der Waals surface area contributed by atoms with E-state index in [1.54, 1.807) is 32.4 Å². The standard InChI is InChI=1S/C20H28N4O4/c1-14(2)9-18-21-19(28-22-18)13-23-5-7-24(8-6-23)20(25)15-10-16(26-3)12-17(11-15)27-4/h10-12,14H,5-9,13H2,1-4H3. The lowest BCUT2D eigenvalue weighted by Crippen LogP contribution is -2.48. The van der Waals surface area contributed by atoms with E-state index in [-0.39, 0.29) is 5.91 Å². The maximum absolute atomic E-state index is 12.9. The van der Waals surface area contributed by atoms with Gasteiger partial charge >= 0.3 is 0 Å². The van der Waals surface area contributed by atoms with Crippen LogP contribution in [0.25, 0.3) is 0 Å². The van der Waals surface area contributed by atoms with Crippen LogP contribution in [0.5, 0.6) is 11.5 Å². The summed E-state index contributed by atoms with van der Waals surface area (Å²) in [6.45, 7) is 7.68. The fourth-order valence-electron chi connectivity index (χ4n) is 3.22. The lowest BCUT2D eigenvalue weighted by atomic mass is 10.1. The zero-order valence-corrected chi connectivity index (χ0v) is 17.0. The second-order valence-electron chi connectivity index (χ2n) is 7.37. The summed E-state index contributed by atoms with van der Waals surface area (Å²) in [6.07, 6.45) is 0.815. The smallest absolute Gasteiger partial charge is 0.254 e. The monoisotopic (exact) mass is 388 g/mol. The van der Waals surface area contributed by atoms with E-state index in [0.29, 0.717) is 48.5 Å². The summed E-state index contributed by atoms with van der Waals surface area (Å²) < 4.78 is 15.9. The first-order valence-electron chi connectivity index (χ1n) is 9.54. The van der Waals surface area contributed by atoms with Crippen LogP contribution in [0, 0.1) is 5.92 Å². The number of ether oxygens (including phenoxy) is 2. The van der Waals surface area contributed by atoms with Gasteiger partial charge in [-0.1, -0.05) is 19.0 Å². The topological polar surface area (TPSA) is 80.9 Å². The number of carbonyl (C=O) groups excluding carboxylic acids is 1. The molecule has 0 bridgehead atoms. The Bertz CT molecular complexity index is 775. The molecule has 1 fully saturated rings. The molecule has 0 atom stereocenters. The zero-order chi connectivity index (χ0) is 20.1. The van der Waals surface area contributed by atoms with Crippen molar-refractivity contribution >= 4 is 5.91 Å². The van der Waals surface area contributed by atoms with E-state index in [9.17, 15) is 4.79 Å². The molecular formula is C20H28N4O4. The van der Waals surface area contributed by atoms with Crippen LogP contribution in [0.4, 0.5) is 0 Å². The van der Waals surface area contributed by atoms with Crippen LogP contribution in [0.15, 0.2) is 22.7 Å². The van der Waals surface area contributed by atoms with Crippen LogP contribution in [0.1, 0.15) is 35.9 Å². The number of amides is 1. The summed E-state index contributed by atoms with van der Waals surface area (Å²) in [6, 6.07) is 5.24. The number of hydrogen-bond acceptors (Lipinski definition) is 7. The highest BCUT2D eigenvalue weighted by molar-refractivity contribution is 5.95. The van der Waals surface area contributed by atoms with Crippen LogP contribution < -0.4 is 9.47 Å². The van der Waals surface area contributed by atoms with Crippen molar-refractivity contribution in [2.45, 2.75) is 26.8 Å². The highest BCUT2D eigenvalue weighted by Gasteiger charge is 2.24. The fourth-order valence-corrected chi connectivity index (χ4v) is 3.22. The predicted octanol–water partition coefficient (Wildman–Crippen LogP) is 2.24. The van der Waals surface area contributed by atoms with Crippen LogP contribution in [0.2, 0.25) is 0 Å². The molecule has 1 aliphatic rings. The Kier molecular flexibility index (Phi) is 6.51. The summed E-state index contributed by atoms with van der Waals surface area (Å²) in [5, 5.41) is 4.04. The van der Waals surface area contributed by atoms with Gasteiger partial charge in [0, 0.05) is 44.2 Å². The number of rotatable bonds is 7. The summed E-state index contributed by atoms with van der Waals surface area (Å²) in [5.41, 5.74) is 0.569. The Morgan fingerprint density at radius 1 is 1.11 bits per heavy atom. The van der Waals surface area contributed by atoms with Gasteiger partial charge in [-0.25, -0.2) is 0 Å². The quantitative estimate of drug-likeness (QED) is 0.719. The van der Waals surface area contributed by atoms with E-state index >= 15 is 0 Å². The molecule has 28 heavy (non-hydrogen) atoms. The first kappa shape index (κ1) is 20.1. The largest absolute Gasteiger partial charge is 0.497 e. The molecule has 0 N–H and O–H groups in total. The van der Waals surface area contributed by atoms with Crippen molar-refractivity contribution in [1.82, 2.24) is 19.9 Å². The van der Waals surface area contributed by atoms with Gasteiger partial charge < -0.3 is 18.9 Å². The van der Waals surface area contributed by atoms with Gasteiger partial charge in [0.25, 0.3) is 5.91 Å².